The van der Waals surface area contributed by atoms with Gasteiger partial charge in [0.2, 0.25) is 0 Å². The number of aromatic nitrogens is 2. The zero-order chi connectivity index (χ0) is 14.5. The number of ether oxygens (including phenoxy) is 1. The Labute approximate surface area is 117 Å². The minimum Gasteiger partial charge on any atom is -0.490 e. The van der Waals surface area contributed by atoms with Gasteiger partial charge < -0.3 is 10.1 Å². The van der Waals surface area contributed by atoms with Gasteiger partial charge in [-0.15, -0.1) is 0 Å². The first-order valence-electron chi connectivity index (χ1n) is 6.96. The first kappa shape index (κ1) is 15.9. The summed E-state index contributed by atoms with van der Waals surface area (Å²) in [5.41, 5.74) is 1.22. The van der Waals surface area contributed by atoms with Crippen LogP contribution < -0.4 is 10.1 Å². The van der Waals surface area contributed by atoms with Crippen molar-refractivity contribution in [3.63, 3.8) is 0 Å². The van der Waals surface area contributed by atoms with Crippen molar-refractivity contribution in [2.45, 2.75) is 53.5 Å². The van der Waals surface area contributed by atoms with Crippen molar-refractivity contribution >= 4 is 0 Å². The molecule has 0 aliphatic heterocycles. The van der Waals surface area contributed by atoms with Crippen LogP contribution >= 0.6 is 0 Å². The van der Waals surface area contributed by atoms with Crippen molar-refractivity contribution in [3.05, 3.63) is 17.7 Å². The van der Waals surface area contributed by atoms with Gasteiger partial charge in [-0.05, 0) is 18.9 Å². The van der Waals surface area contributed by atoms with Crippen LogP contribution in [0.3, 0.4) is 0 Å². The fourth-order valence-corrected chi connectivity index (χ4v) is 1.58. The smallest absolute Gasteiger partial charge is 0.160 e. The topological polar surface area (TPSA) is 47.0 Å². The third-order valence-electron chi connectivity index (χ3n) is 2.82. The molecule has 0 saturated heterocycles. The molecule has 1 N–H and O–H groups in total. The van der Waals surface area contributed by atoms with Crippen LogP contribution in [-0.4, -0.2) is 23.6 Å². The maximum absolute atomic E-state index is 5.84. The quantitative estimate of drug-likeness (QED) is 0.858. The summed E-state index contributed by atoms with van der Waals surface area (Å²) in [4.78, 5) is 8.95. The summed E-state index contributed by atoms with van der Waals surface area (Å²) in [6.45, 7) is 12.2. The van der Waals surface area contributed by atoms with Crippen molar-refractivity contribution in [2.75, 3.05) is 13.7 Å². The van der Waals surface area contributed by atoms with Crippen LogP contribution in [0.15, 0.2) is 6.20 Å². The van der Waals surface area contributed by atoms with Crippen LogP contribution in [0.25, 0.3) is 0 Å². The lowest BCUT2D eigenvalue weighted by Crippen LogP contribution is -2.15. The summed E-state index contributed by atoms with van der Waals surface area (Å²) in [7, 11) is 1.91. The van der Waals surface area contributed by atoms with Crippen molar-refractivity contribution in [3.8, 4) is 5.75 Å². The van der Waals surface area contributed by atoms with Gasteiger partial charge in [-0.3, -0.25) is 0 Å². The average molecular weight is 265 g/mol. The first-order chi connectivity index (χ1) is 8.83. The molecular formula is C15H27N3O. The summed E-state index contributed by atoms with van der Waals surface area (Å²) in [5, 5.41) is 3.13. The van der Waals surface area contributed by atoms with E-state index in [2.05, 4.69) is 49.9 Å². The van der Waals surface area contributed by atoms with E-state index in [4.69, 9.17) is 4.74 Å². The molecule has 4 nitrogen and oxygen atoms in total. The highest BCUT2D eigenvalue weighted by Crippen LogP contribution is 2.22. The van der Waals surface area contributed by atoms with Gasteiger partial charge in [0.15, 0.2) is 5.75 Å². The Balaban J connectivity index is 2.76. The fourth-order valence-electron chi connectivity index (χ4n) is 1.58. The molecule has 4 heteroatoms. The average Bonchev–Trinajstić information content (AvgIpc) is 2.29. The molecule has 0 amide bonds. The van der Waals surface area contributed by atoms with Crippen molar-refractivity contribution < 1.29 is 4.74 Å². The van der Waals surface area contributed by atoms with Crippen LogP contribution in [0.1, 0.15) is 58.5 Å². The predicted molar refractivity (Wildman–Crippen MR) is 78.5 cm³/mol. The molecule has 0 aromatic carbocycles. The van der Waals surface area contributed by atoms with Gasteiger partial charge in [0.25, 0.3) is 0 Å². The normalized spacial score (nSPS) is 11.9. The summed E-state index contributed by atoms with van der Waals surface area (Å²) in [5.74, 6) is 2.00. The highest BCUT2D eigenvalue weighted by Gasteiger charge is 2.13. The van der Waals surface area contributed by atoms with Gasteiger partial charge >= 0.3 is 0 Å². The zero-order valence-electron chi connectivity index (χ0n) is 13.1. The van der Waals surface area contributed by atoms with E-state index in [1.54, 1.807) is 6.20 Å². The Kier molecular flexibility index (Phi) is 5.73. The molecule has 1 heterocycles. The summed E-state index contributed by atoms with van der Waals surface area (Å²) < 4.78 is 5.84. The molecule has 0 unspecified atom stereocenters. The second kappa shape index (κ2) is 6.85. The van der Waals surface area contributed by atoms with Gasteiger partial charge in [-0.2, -0.15) is 0 Å². The SMILES string of the molecule is CNCc1nc(C(C)C)ncc1OCCC(C)(C)C. The Bertz CT molecular complexity index is 397. The monoisotopic (exact) mass is 265 g/mol. The maximum Gasteiger partial charge on any atom is 0.160 e. The lowest BCUT2D eigenvalue weighted by Gasteiger charge is -2.19. The Morgan fingerprint density at radius 1 is 1.32 bits per heavy atom. The van der Waals surface area contributed by atoms with E-state index in [0.717, 1.165) is 23.7 Å². The highest BCUT2D eigenvalue weighted by molar-refractivity contribution is 5.25. The molecule has 0 saturated carbocycles. The fraction of sp³-hybridized carbons (Fsp3) is 0.733. The molecule has 0 fully saturated rings. The molecule has 19 heavy (non-hydrogen) atoms. The molecule has 0 spiro atoms. The minimum absolute atomic E-state index is 0.280. The first-order valence-corrected chi connectivity index (χ1v) is 6.96. The lowest BCUT2D eigenvalue weighted by atomic mass is 9.93. The van der Waals surface area contributed by atoms with E-state index in [0.29, 0.717) is 19.1 Å². The molecule has 0 aliphatic carbocycles. The molecule has 0 radical (unpaired) electrons. The predicted octanol–water partition coefficient (Wildman–Crippen LogP) is 3.13. The number of nitrogens with zero attached hydrogens (tertiary/aromatic N) is 2. The van der Waals surface area contributed by atoms with Crippen LogP contribution in [-0.2, 0) is 6.54 Å². The van der Waals surface area contributed by atoms with Crippen LogP contribution in [0.2, 0.25) is 0 Å². The third kappa shape index (κ3) is 5.55. The Morgan fingerprint density at radius 3 is 2.53 bits per heavy atom. The van der Waals surface area contributed by atoms with Crippen molar-refractivity contribution in [1.82, 2.24) is 15.3 Å². The van der Waals surface area contributed by atoms with E-state index in [1.807, 2.05) is 7.05 Å². The van der Waals surface area contributed by atoms with E-state index < -0.39 is 0 Å². The number of hydrogen-bond acceptors (Lipinski definition) is 4. The molecule has 0 aliphatic rings. The largest absolute Gasteiger partial charge is 0.490 e. The second-order valence-corrected chi connectivity index (χ2v) is 6.38. The van der Waals surface area contributed by atoms with E-state index in [-0.39, 0.29) is 5.41 Å². The van der Waals surface area contributed by atoms with Gasteiger partial charge in [-0.25, -0.2) is 9.97 Å². The van der Waals surface area contributed by atoms with Gasteiger partial charge in [0.05, 0.1) is 18.5 Å². The van der Waals surface area contributed by atoms with E-state index in [1.165, 1.54) is 0 Å². The van der Waals surface area contributed by atoms with Crippen molar-refractivity contribution in [1.29, 1.82) is 0 Å². The molecule has 1 rings (SSSR count). The van der Waals surface area contributed by atoms with Gasteiger partial charge in [0, 0.05) is 12.5 Å². The second-order valence-electron chi connectivity index (χ2n) is 6.38. The number of nitrogens with one attached hydrogen (secondary N) is 1. The summed E-state index contributed by atoms with van der Waals surface area (Å²) >= 11 is 0. The molecule has 1 aromatic heterocycles. The Morgan fingerprint density at radius 2 is 2.00 bits per heavy atom. The number of rotatable bonds is 6. The van der Waals surface area contributed by atoms with E-state index >= 15 is 0 Å². The highest BCUT2D eigenvalue weighted by atomic mass is 16.5. The van der Waals surface area contributed by atoms with Gasteiger partial charge in [0.1, 0.15) is 5.82 Å². The van der Waals surface area contributed by atoms with Crippen LogP contribution in [0, 0.1) is 5.41 Å². The van der Waals surface area contributed by atoms with Gasteiger partial charge in [-0.1, -0.05) is 34.6 Å². The summed E-state index contributed by atoms with van der Waals surface area (Å²) in [6.07, 6.45) is 2.82. The van der Waals surface area contributed by atoms with Crippen molar-refractivity contribution in [2.24, 2.45) is 5.41 Å². The zero-order valence-corrected chi connectivity index (χ0v) is 13.1. The maximum atomic E-state index is 5.84. The number of hydrogen-bond donors (Lipinski definition) is 1. The third-order valence-corrected chi connectivity index (χ3v) is 2.82. The molecule has 0 atom stereocenters. The van der Waals surface area contributed by atoms with E-state index in [9.17, 15) is 0 Å². The lowest BCUT2D eigenvalue weighted by molar-refractivity contribution is 0.239. The summed E-state index contributed by atoms with van der Waals surface area (Å²) in [6, 6.07) is 0. The molecule has 1 aromatic rings. The van der Waals surface area contributed by atoms with Crippen LogP contribution in [0.5, 0.6) is 5.75 Å². The standard InChI is InChI=1S/C15H27N3O/c1-11(2)14-17-10-13(12(18-14)9-16-6)19-8-7-15(3,4)5/h10-11,16H,7-9H2,1-6H3. The molecule has 108 valence electrons. The van der Waals surface area contributed by atoms with Crippen LogP contribution in [0.4, 0.5) is 0 Å². The Hall–Kier alpha value is -1.16. The molecule has 0 bridgehead atoms. The molecular weight excluding hydrogens is 238 g/mol. The minimum atomic E-state index is 0.280.